The van der Waals surface area contributed by atoms with Gasteiger partial charge in [0, 0.05) is 6.54 Å². The summed E-state index contributed by atoms with van der Waals surface area (Å²) >= 11 is 0. The fourth-order valence-electron chi connectivity index (χ4n) is 2.31. The number of ether oxygens (including phenoxy) is 1. The third kappa shape index (κ3) is 3.40. The number of benzene rings is 1. The first-order chi connectivity index (χ1) is 10.5. The lowest BCUT2D eigenvalue weighted by Crippen LogP contribution is -2.40. The third-order valence-electron chi connectivity index (χ3n) is 3.41. The van der Waals surface area contributed by atoms with Crippen molar-refractivity contribution in [1.82, 2.24) is 4.31 Å². The normalized spacial score (nSPS) is 18.5. The molecule has 0 aliphatic carbocycles. The second-order valence-corrected chi connectivity index (χ2v) is 6.69. The number of hydrogen-bond donors (Lipinski definition) is 1. The summed E-state index contributed by atoms with van der Waals surface area (Å²) in [6.07, 6.45) is 0.887. The van der Waals surface area contributed by atoms with Crippen LogP contribution in [0.4, 0.5) is 0 Å². The molecule has 6 nitrogen and oxygen atoms in total. The number of hydrogen-bond acceptors (Lipinski definition) is 4. The van der Waals surface area contributed by atoms with Crippen molar-refractivity contribution in [3.63, 3.8) is 0 Å². The second kappa shape index (κ2) is 6.81. The number of rotatable bonds is 5. The summed E-state index contributed by atoms with van der Waals surface area (Å²) in [5, 5.41) is 9.12. The molecule has 0 radical (unpaired) electrons. The Kier molecular flexibility index (Phi) is 5.06. The molecule has 1 aromatic rings. The van der Waals surface area contributed by atoms with Crippen molar-refractivity contribution in [3.8, 4) is 17.6 Å². The number of carboxylic acids is 1. The van der Waals surface area contributed by atoms with Gasteiger partial charge in [-0.05, 0) is 44.0 Å². The second-order valence-electron chi connectivity index (χ2n) is 4.80. The van der Waals surface area contributed by atoms with E-state index in [1.54, 1.807) is 6.92 Å². The first kappa shape index (κ1) is 16.3. The minimum Gasteiger partial charge on any atom is -0.481 e. The zero-order valence-electron chi connectivity index (χ0n) is 12.2. The Labute approximate surface area is 129 Å². The zero-order chi connectivity index (χ0) is 16.2. The summed E-state index contributed by atoms with van der Waals surface area (Å²) in [6, 6.07) is 4.93. The largest absolute Gasteiger partial charge is 0.481 e. The maximum absolute atomic E-state index is 12.5. The number of aliphatic carboxylic acids is 1. The summed E-state index contributed by atoms with van der Waals surface area (Å²) in [7, 11) is -3.81. The Morgan fingerprint density at radius 2 is 2.09 bits per heavy atom. The number of carbonyl (C=O) groups is 1. The lowest BCUT2D eigenvalue weighted by Gasteiger charge is -2.21. The van der Waals surface area contributed by atoms with Crippen molar-refractivity contribution >= 4 is 16.0 Å². The quantitative estimate of drug-likeness (QED) is 0.826. The van der Waals surface area contributed by atoms with Crippen molar-refractivity contribution in [1.29, 1.82) is 0 Å². The molecule has 1 aromatic carbocycles. The van der Waals surface area contributed by atoms with Crippen molar-refractivity contribution in [3.05, 3.63) is 24.3 Å². The zero-order valence-corrected chi connectivity index (χ0v) is 13.0. The summed E-state index contributed by atoms with van der Waals surface area (Å²) in [5.74, 6) is 4.83. The van der Waals surface area contributed by atoms with Gasteiger partial charge in [-0.15, -0.1) is 5.92 Å². The van der Waals surface area contributed by atoms with E-state index in [4.69, 9.17) is 9.84 Å². The highest BCUT2D eigenvalue weighted by Crippen LogP contribution is 2.27. The van der Waals surface area contributed by atoms with Crippen molar-refractivity contribution in [2.24, 2.45) is 0 Å². The van der Waals surface area contributed by atoms with Gasteiger partial charge >= 0.3 is 5.97 Å². The van der Waals surface area contributed by atoms with E-state index in [1.165, 1.54) is 24.3 Å². The van der Waals surface area contributed by atoms with Gasteiger partial charge in [-0.3, -0.25) is 4.79 Å². The summed E-state index contributed by atoms with van der Waals surface area (Å²) in [4.78, 5) is 11.2. The minimum atomic E-state index is -3.81. The van der Waals surface area contributed by atoms with Gasteiger partial charge in [0.05, 0.1) is 4.90 Å². The molecule has 22 heavy (non-hydrogen) atoms. The molecule has 1 fully saturated rings. The predicted molar refractivity (Wildman–Crippen MR) is 79.9 cm³/mol. The number of carboxylic acid groups (broad SMARTS) is 1. The number of sulfonamides is 1. The maximum Gasteiger partial charge on any atom is 0.322 e. The molecule has 1 heterocycles. The smallest absolute Gasteiger partial charge is 0.322 e. The summed E-state index contributed by atoms with van der Waals surface area (Å²) in [6.45, 7) is 2.16. The van der Waals surface area contributed by atoms with Gasteiger partial charge in [-0.2, -0.15) is 4.31 Å². The molecule has 1 aliphatic heterocycles. The van der Waals surface area contributed by atoms with Gasteiger partial charge in [0.25, 0.3) is 0 Å². The Balaban J connectivity index is 2.18. The van der Waals surface area contributed by atoms with Gasteiger partial charge in [-0.25, -0.2) is 8.42 Å². The Morgan fingerprint density at radius 1 is 1.41 bits per heavy atom. The van der Waals surface area contributed by atoms with E-state index < -0.39 is 22.0 Å². The van der Waals surface area contributed by atoms with E-state index in [0.717, 1.165) is 4.31 Å². The summed E-state index contributed by atoms with van der Waals surface area (Å²) < 4.78 is 31.4. The Morgan fingerprint density at radius 3 is 2.68 bits per heavy atom. The van der Waals surface area contributed by atoms with Crippen LogP contribution in [0.1, 0.15) is 19.8 Å². The molecule has 1 unspecified atom stereocenters. The van der Waals surface area contributed by atoms with Crippen LogP contribution in [-0.4, -0.2) is 43.0 Å². The van der Waals surface area contributed by atoms with Crippen molar-refractivity contribution < 1.29 is 23.1 Å². The molecule has 0 spiro atoms. The third-order valence-corrected chi connectivity index (χ3v) is 5.33. The SMILES string of the molecule is CC#CCOc1ccc(S(=O)(=O)N2CCCC2C(=O)O)cc1. The standard InChI is InChI=1S/C15H17NO5S/c1-2-3-11-21-12-6-8-13(9-7-12)22(19,20)16-10-4-5-14(16)15(17)18/h6-9,14H,4-5,10-11H2,1H3,(H,17,18). The van der Waals surface area contributed by atoms with Gasteiger partial charge < -0.3 is 9.84 Å². The maximum atomic E-state index is 12.5. The van der Waals surface area contributed by atoms with E-state index in [1.807, 2.05) is 0 Å². The van der Waals surface area contributed by atoms with E-state index in [-0.39, 0.29) is 18.0 Å². The van der Waals surface area contributed by atoms with Crippen LogP contribution in [0.5, 0.6) is 5.75 Å². The molecule has 1 aliphatic rings. The van der Waals surface area contributed by atoms with Gasteiger partial charge in [0.15, 0.2) is 0 Å². The number of nitrogens with zero attached hydrogens (tertiary/aromatic N) is 1. The van der Waals surface area contributed by atoms with E-state index in [0.29, 0.717) is 18.6 Å². The van der Waals surface area contributed by atoms with Crippen LogP contribution in [0.15, 0.2) is 29.2 Å². The van der Waals surface area contributed by atoms with Crippen molar-refractivity contribution in [2.45, 2.75) is 30.7 Å². The Bertz CT molecular complexity index is 700. The molecule has 0 aromatic heterocycles. The lowest BCUT2D eigenvalue weighted by molar-refractivity contribution is -0.140. The highest BCUT2D eigenvalue weighted by Gasteiger charge is 2.39. The molecular formula is C15H17NO5S. The topological polar surface area (TPSA) is 83.9 Å². The average Bonchev–Trinajstić information content (AvgIpc) is 2.98. The fourth-order valence-corrected chi connectivity index (χ4v) is 3.96. The van der Waals surface area contributed by atoms with Crippen molar-refractivity contribution in [2.75, 3.05) is 13.2 Å². The van der Waals surface area contributed by atoms with Crippen LogP contribution in [0.2, 0.25) is 0 Å². The molecule has 0 saturated carbocycles. The van der Waals surface area contributed by atoms with Gasteiger partial charge in [0.1, 0.15) is 18.4 Å². The van der Waals surface area contributed by atoms with Gasteiger partial charge in [0.2, 0.25) is 10.0 Å². The molecule has 0 amide bonds. The first-order valence-corrected chi connectivity index (χ1v) is 8.28. The highest BCUT2D eigenvalue weighted by atomic mass is 32.2. The minimum absolute atomic E-state index is 0.0644. The molecule has 1 N–H and O–H groups in total. The summed E-state index contributed by atoms with van der Waals surface area (Å²) in [5.41, 5.74) is 0. The van der Waals surface area contributed by atoms with Crippen LogP contribution in [-0.2, 0) is 14.8 Å². The van der Waals surface area contributed by atoms with Crippen LogP contribution in [0, 0.1) is 11.8 Å². The average molecular weight is 323 g/mol. The molecular weight excluding hydrogens is 306 g/mol. The first-order valence-electron chi connectivity index (χ1n) is 6.84. The van der Waals surface area contributed by atoms with Gasteiger partial charge in [-0.1, -0.05) is 5.92 Å². The van der Waals surface area contributed by atoms with E-state index in [9.17, 15) is 13.2 Å². The molecule has 118 valence electrons. The predicted octanol–water partition coefficient (Wildman–Crippen LogP) is 1.33. The lowest BCUT2D eigenvalue weighted by atomic mass is 10.2. The van der Waals surface area contributed by atoms with E-state index in [2.05, 4.69) is 11.8 Å². The van der Waals surface area contributed by atoms with Crippen LogP contribution in [0.25, 0.3) is 0 Å². The molecule has 1 atom stereocenters. The van der Waals surface area contributed by atoms with Crippen LogP contribution in [0.3, 0.4) is 0 Å². The Hall–Kier alpha value is -2.04. The monoisotopic (exact) mass is 323 g/mol. The molecule has 0 bridgehead atoms. The van der Waals surface area contributed by atoms with Crippen LogP contribution < -0.4 is 4.74 Å². The van der Waals surface area contributed by atoms with Crippen LogP contribution >= 0.6 is 0 Å². The molecule has 1 saturated heterocycles. The highest BCUT2D eigenvalue weighted by molar-refractivity contribution is 7.89. The van der Waals surface area contributed by atoms with E-state index >= 15 is 0 Å². The molecule has 2 rings (SSSR count). The fraction of sp³-hybridized carbons (Fsp3) is 0.400. The molecule has 7 heteroatoms.